The summed E-state index contributed by atoms with van der Waals surface area (Å²) in [5.41, 5.74) is 28.2. The highest BCUT2D eigenvalue weighted by Gasteiger charge is 2.28. The van der Waals surface area contributed by atoms with Gasteiger partial charge in [-0.15, -0.1) is 0 Å². The van der Waals surface area contributed by atoms with E-state index in [1.807, 2.05) is 72.8 Å². The molecule has 0 saturated carbocycles. The highest BCUT2D eigenvalue weighted by atomic mass is 15.1. The second kappa shape index (κ2) is 29.8. The van der Waals surface area contributed by atoms with E-state index in [0.717, 1.165) is 178 Å². The van der Waals surface area contributed by atoms with Crippen molar-refractivity contribution in [2.45, 2.75) is 0 Å². The van der Waals surface area contributed by atoms with Crippen molar-refractivity contribution in [3.05, 3.63) is 449 Å². The first-order valence-electron chi connectivity index (χ1n) is 44.7. The minimum absolute atomic E-state index is 0.521. The monoisotopic (exact) mass is 1680 g/mol. The van der Waals surface area contributed by atoms with Gasteiger partial charge in [-0.1, -0.05) is 297 Å². The Balaban J connectivity index is 0.684. The number of nitrogens with zero attached hydrogens (tertiary/aromatic N) is 12. The second-order valence-corrected chi connectivity index (χ2v) is 34.1. The molecule has 0 bridgehead atoms. The van der Waals surface area contributed by atoms with Crippen molar-refractivity contribution in [2.75, 3.05) is 0 Å². The van der Waals surface area contributed by atoms with Gasteiger partial charge in [0.05, 0.1) is 77.6 Å². The molecular formula is C120H74N12. The summed E-state index contributed by atoms with van der Waals surface area (Å²) in [6.45, 7) is 0. The summed E-state index contributed by atoms with van der Waals surface area (Å²) in [6.07, 6.45) is 0. The number of aromatic nitrogens is 12. The summed E-state index contributed by atoms with van der Waals surface area (Å²) < 4.78 is 14.5. The van der Waals surface area contributed by atoms with Crippen LogP contribution in [0, 0.1) is 0 Å². The van der Waals surface area contributed by atoms with Crippen LogP contribution < -0.4 is 0 Å². The first-order chi connectivity index (χ1) is 65.5. The lowest BCUT2D eigenvalue weighted by atomic mass is 9.95. The summed E-state index contributed by atoms with van der Waals surface area (Å²) in [6, 6.07) is 162. The second-order valence-electron chi connectivity index (χ2n) is 34.1. The van der Waals surface area contributed by atoms with Gasteiger partial charge >= 0.3 is 0 Å². The molecule has 614 valence electrons. The molecule has 0 N–H and O–H groups in total. The van der Waals surface area contributed by atoms with Gasteiger partial charge in [0.15, 0.2) is 34.9 Å². The predicted octanol–water partition coefficient (Wildman–Crippen LogP) is 30.0. The molecule has 0 aliphatic rings. The number of hydrogen-bond donors (Lipinski definition) is 0. The summed E-state index contributed by atoms with van der Waals surface area (Å²) in [4.78, 5) is 33.1. The maximum Gasteiger partial charge on any atom is 0.166 e. The molecule has 27 aromatic rings. The zero-order chi connectivity index (χ0) is 86.6. The molecule has 12 heteroatoms. The first kappa shape index (κ1) is 74.3. The molecule has 0 aliphatic carbocycles. The lowest BCUT2D eigenvalue weighted by Gasteiger charge is -2.18. The van der Waals surface area contributed by atoms with Gasteiger partial charge in [-0.3, -0.25) is 0 Å². The first-order valence-corrected chi connectivity index (χ1v) is 44.7. The molecule has 0 saturated heterocycles. The van der Waals surface area contributed by atoms with Gasteiger partial charge in [-0.05, 0) is 174 Å². The van der Waals surface area contributed by atoms with E-state index in [1.54, 1.807) is 0 Å². The largest absolute Gasteiger partial charge is 0.309 e. The van der Waals surface area contributed by atoms with Crippen molar-refractivity contribution in [3.8, 4) is 125 Å². The smallest absolute Gasteiger partial charge is 0.166 e. The molecule has 0 radical (unpaired) electrons. The Bertz CT molecular complexity index is 8210. The van der Waals surface area contributed by atoms with E-state index in [0.29, 0.717) is 34.9 Å². The van der Waals surface area contributed by atoms with E-state index in [2.05, 4.69) is 404 Å². The third-order valence-corrected chi connectivity index (χ3v) is 26.7. The van der Waals surface area contributed by atoms with E-state index in [-0.39, 0.29) is 0 Å². The van der Waals surface area contributed by atoms with Crippen molar-refractivity contribution in [1.82, 2.24) is 57.3 Å². The topological polar surface area (TPSA) is 107 Å². The van der Waals surface area contributed by atoms with Crippen molar-refractivity contribution in [3.63, 3.8) is 0 Å². The maximum atomic E-state index is 5.61. The molecule has 8 heterocycles. The molecule has 0 amide bonds. The number of para-hydroxylation sites is 8. The van der Waals surface area contributed by atoms with Crippen LogP contribution in [0.15, 0.2) is 449 Å². The number of rotatable bonds is 14. The normalized spacial score (nSPS) is 11.9. The molecule has 8 aromatic heterocycles. The van der Waals surface area contributed by atoms with Gasteiger partial charge in [-0.25, -0.2) is 29.9 Å². The van der Waals surface area contributed by atoms with Gasteiger partial charge in [0.1, 0.15) is 0 Å². The van der Waals surface area contributed by atoms with Crippen molar-refractivity contribution >= 4 is 131 Å². The fourth-order valence-corrected chi connectivity index (χ4v) is 20.8. The Kier molecular flexibility index (Phi) is 16.8. The van der Waals surface area contributed by atoms with Crippen LogP contribution in [0.25, 0.3) is 256 Å². The fraction of sp³-hybridized carbons (Fsp3) is 0. The van der Waals surface area contributed by atoms with E-state index in [1.165, 1.54) is 43.1 Å². The van der Waals surface area contributed by atoms with Crippen LogP contribution in [0.3, 0.4) is 0 Å². The molecule has 0 fully saturated rings. The average molecular weight is 1680 g/mol. The van der Waals surface area contributed by atoms with Gasteiger partial charge in [0.2, 0.25) is 0 Å². The molecule has 0 unspecified atom stereocenters. The molecule has 132 heavy (non-hydrogen) atoms. The van der Waals surface area contributed by atoms with E-state index in [4.69, 9.17) is 29.9 Å². The van der Waals surface area contributed by atoms with Gasteiger partial charge < -0.3 is 27.4 Å². The zero-order valence-electron chi connectivity index (χ0n) is 71.1. The molecule has 0 aliphatic heterocycles. The maximum absolute atomic E-state index is 5.61. The van der Waals surface area contributed by atoms with Crippen LogP contribution in [-0.4, -0.2) is 57.3 Å². The van der Waals surface area contributed by atoms with Crippen molar-refractivity contribution in [2.24, 2.45) is 0 Å². The fourth-order valence-electron chi connectivity index (χ4n) is 20.8. The number of benzene rings is 19. The van der Waals surface area contributed by atoms with Crippen molar-refractivity contribution in [1.29, 1.82) is 0 Å². The van der Waals surface area contributed by atoms with Crippen LogP contribution in [0.5, 0.6) is 0 Å². The highest BCUT2D eigenvalue weighted by molar-refractivity contribution is 6.17. The minimum atomic E-state index is 0.521. The van der Waals surface area contributed by atoms with Crippen LogP contribution in [0.4, 0.5) is 0 Å². The minimum Gasteiger partial charge on any atom is -0.309 e. The summed E-state index contributed by atoms with van der Waals surface area (Å²) >= 11 is 0. The zero-order valence-corrected chi connectivity index (χ0v) is 71.1. The standard InChI is InChI=1S/C120H74N12/c1-5-30-75(31-6-1)115-121-116(76-32-7-2-8-33-76)124-119(123-115)99-69-81(56-62-113(99)131-109-64-58-83(127-101-48-21-13-40-87(101)88-41-14-22-49-102(88)127)71-95(109)96-72-84(59-65-110(96)131)128-103-50-23-15-42-89(103)90-43-16-24-51-104(90)128)79-38-29-39-80(68-79)82-57-63-114(100(70-82)120-125-117(77-34-9-3-10-35-77)122-118(126-120)78-36-11-4-12-37-78)132-111-66-60-85(129-105-52-25-17-44-91(105)92-45-18-26-53-106(92)129)73-97(111)98-74-86(61-67-112(98)132)130-107-54-27-19-46-93(107)94-47-20-28-55-108(94)130/h1-74H. The van der Waals surface area contributed by atoms with Crippen LogP contribution in [-0.2, 0) is 0 Å². The Morgan fingerprint density at radius 3 is 0.561 bits per heavy atom. The van der Waals surface area contributed by atoms with E-state index >= 15 is 0 Å². The SMILES string of the molecule is c1ccc(-c2nc(-c3ccccc3)nc(-c3cc(-c4cccc(-c5ccc(-n6c7ccc(-n8c9ccccc9c9ccccc98)cc7c7cc(-n8c9ccccc9c9ccccc98)ccc76)c(-c6nc(-c7ccccc7)nc(-c7ccccc7)n6)c5)c4)ccc3-n3c4ccc(-n5c6ccccc6c6ccccc65)cc4c4cc(-n5c6ccccc6c6ccccc65)ccc43)n2)cc1. The quantitative estimate of drug-likeness (QED) is 0.107. The summed E-state index contributed by atoms with van der Waals surface area (Å²) in [5, 5.41) is 14.0. The Labute approximate surface area is 756 Å². The molecule has 0 spiro atoms. The van der Waals surface area contributed by atoms with Crippen LogP contribution >= 0.6 is 0 Å². The highest BCUT2D eigenvalue weighted by Crippen LogP contribution is 2.47. The third kappa shape index (κ3) is 11.8. The molecular weight excluding hydrogens is 1610 g/mol. The molecule has 19 aromatic carbocycles. The summed E-state index contributed by atoms with van der Waals surface area (Å²) in [5.74, 6) is 3.28. The van der Waals surface area contributed by atoms with Gasteiger partial charge in [0.25, 0.3) is 0 Å². The summed E-state index contributed by atoms with van der Waals surface area (Å²) in [7, 11) is 0. The van der Waals surface area contributed by atoms with Crippen LogP contribution in [0.1, 0.15) is 0 Å². The predicted molar refractivity (Wildman–Crippen MR) is 543 cm³/mol. The van der Waals surface area contributed by atoms with Gasteiger partial charge in [-0.2, -0.15) is 0 Å². The molecule has 27 rings (SSSR count). The van der Waals surface area contributed by atoms with Crippen LogP contribution in [0.2, 0.25) is 0 Å². The van der Waals surface area contributed by atoms with E-state index < -0.39 is 0 Å². The Morgan fingerprint density at radius 2 is 0.318 bits per heavy atom. The Morgan fingerprint density at radius 1 is 0.121 bits per heavy atom. The molecule has 12 nitrogen and oxygen atoms in total. The van der Waals surface area contributed by atoms with E-state index in [9.17, 15) is 0 Å². The molecule has 0 atom stereocenters. The lowest BCUT2D eigenvalue weighted by Crippen LogP contribution is -2.04. The van der Waals surface area contributed by atoms with Crippen molar-refractivity contribution < 1.29 is 0 Å². The number of fused-ring (bicyclic) bond motifs is 18. The van der Waals surface area contributed by atoms with Gasteiger partial charge in [0, 0.05) is 121 Å². The Hall–Kier alpha value is -18.0. The number of hydrogen-bond acceptors (Lipinski definition) is 6. The average Bonchev–Trinajstić information content (AvgIpc) is 1.56. The lowest BCUT2D eigenvalue weighted by molar-refractivity contribution is 1.06. The third-order valence-electron chi connectivity index (χ3n) is 26.7.